The Morgan fingerprint density at radius 2 is 2.08 bits per heavy atom. The van der Waals surface area contributed by atoms with Crippen molar-refractivity contribution in [1.29, 1.82) is 0 Å². The highest BCUT2D eigenvalue weighted by atomic mass is 16.8. The van der Waals surface area contributed by atoms with Crippen molar-refractivity contribution in [2.24, 2.45) is 0 Å². The van der Waals surface area contributed by atoms with Crippen molar-refractivity contribution >= 4 is 6.29 Å². The molecule has 0 saturated carbocycles. The summed E-state index contributed by atoms with van der Waals surface area (Å²) in [5.74, 6) is -0.746. The van der Waals surface area contributed by atoms with Gasteiger partial charge in [0, 0.05) is 0 Å². The van der Waals surface area contributed by atoms with Crippen LogP contribution in [0.15, 0.2) is 0 Å². The molecule has 2 fully saturated rings. The van der Waals surface area contributed by atoms with E-state index in [1.807, 2.05) is 0 Å². The second kappa shape index (κ2) is 2.75. The lowest BCUT2D eigenvalue weighted by atomic mass is 10.1. The number of hydrogen-bond donors (Lipinski definition) is 1. The van der Waals surface area contributed by atoms with Crippen LogP contribution in [-0.4, -0.2) is 41.8 Å². The molecule has 0 radical (unpaired) electrons. The molecule has 0 aromatic carbocycles. The van der Waals surface area contributed by atoms with Crippen LogP contribution in [0.3, 0.4) is 0 Å². The third-order valence-electron chi connectivity index (χ3n) is 2.19. The van der Waals surface area contributed by atoms with Gasteiger partial charge in [0.2, 0.25) is 0 Å². The molecule has 2 saturated heterocycles. The van der Waals surface area contributed by atoms with E-state index in [1.165, 1.54) is 0 Å². The highest BCUT2D eigenvalue weighted by molar-refractivity contribution is 5.58. The second-order valence-electron chi connectivity index (χ2n) is 3.70. The van der Waals surface area contributed by atoms with Crippen molar-refractivity contribution in [3.63, 3.8) is 0 Å². The summed E-state index contributed by atoms with van der Waals surface area (Å²) in [5, 5.41) is 9.53. The maximum Gasteiger partial charge on any atom is 0.190 e. The minimum absolute atomic E-state index is 0.551. The van der Waals surface area contributed by atoms with E-state index in [0.717, 1.165) is 0 Å². The van der Waals surface area contributed by atoms with Crippen molar-refractivity contribution in [3.05, 3.63) is 0 Å². The zero-order valence-corrected chi connectivity index (χ0v) is 7.47. The first-order valence-electron chi connectivity index (χ1n) is 4.18. The molecule has 4 atom stereocenters. The van der Waals surface area contributed by atoms with E-state index in [1.54, 1.807) is 13.8 Å². The lowest BCUT2D eigenvalue weighted by molar-refractivity contribution is -0.212. The summed E-state index contributed by atoms with van der Waals surface area (Å²) in [6.07, 6.45) is -2.37. The lowest BCUT2D eigenvalue weighted by Crippen LogP contribution is -2.35. The molecule has 0 bridgehead atoms. The fraction of sp³-hybridized carbons (Fsp3) is 0.875. The molecule has 1 N–H and O–H groups in total. The fourth-order valence-corrected chi connectivity index (χ4v) is 1.63. The number of hydrogen-bond acceptors (Lipinski definition) is 5. The van der Waals surface area contributed by atoms with Crippen LogP contribution in [-0.2, 0) is 19.0 Å². The monoisotopic (exact) mass is 188 g/mol. The molecule has 0 aromatic heterocycles. The van der Waals surface area contributed by atoms with Gasteiger partial charge in [-0.05, 0) is 13.8 Å². The molecule has 13 heavy (non-hydrogen) atoms. The predicted molar refractivity (Wildman–Crippen MR) is 40.8 cm³/mol. The van der Waals surface area contributed by atoms with Gasteiger partial charge < -0.3 is 24.1 Å². The number of fused-ring (bicyclic) bond motifs is 1. The van der Waals surface area contributed by atoms with E-state index in [2.05, 4.69) is 0 Å². The quantitative estimate of drug-likeness (QED) is 0.558. The van der Waals surface area contributed by atoms with Crippen LogP contribution < -0.4 is 0 Å². The standard InChI is InChI=1S/C8H12O5/c1-8(2)12-6-5(10)4(3-9)11-7(6)13-8/h3-7,10H,1-2H3/t4-,5-,6?,7-/m1/s1. The van der Waals surface area contributed by atoms with Gasteiger partial charge in [0.05, 0.1) is 0 Å². The van der Waals surface area contributed by atoms with Crippen molar-refractivity contribution in [1.82, 2.24) is 0 Å². The predicted octanol–water partition coefficient (Wildman–Crippen LogP) is -0.577. The van der Waals surface area contributed by atoms with Crippen molar-refractivity contribution in [2.75, 3.05) is 0 Å². The Balaban J connectivity index is 2.11. The number of rotatable bonds is 1. The minimum atomic E-state index is -0.927. The highest BCUT2D eigenvalue weighted by Gasteiger charge is 2.54. The van der Waals surface area contributed by atoms with Gasteiger partial charge in [-0.2, -0.15) is 0 Å². The molecular formula is C8H12O5. The van der Waals surface area contributed by atoms with Crippen LogP contribution >= 0.6 is 0 Å². The van der Waals surface area contributed by atoms with Crippen LogP contribution in [0.25, 0.3) is 0 Å². The molecule has 5 heteroatoms. The van der Waals surface area contributed by atoms with E-state index in [4.69, 9.17) is 14.2 Å². The SMILES string of the molecule is CC1(C)OC2[C@H](O[C@H](C=O)[C@H]2O)O1. The zero-order chi connectivity index (χ0) is 9.64. The number of aliphatic hydroxyl groups is 1. The van der Waals surface area contributed by atoms with Crippen molar-refractivity contribution in [3.8, 4) is 0 Å². The zero-order valence-electron chi connectivity index (χ0n) is 7.47. The lowest BCUT2D eigenvalue weighted by Gasteiger charge is -2.20. The van der Waals surface area contributed by atoms with Crippen LogP contribution in [0.4, 0.5) is 0 Å². The summed E-state index contributed by atoms with van der Waals surface area (Å²) in [7, 11) is 0. The summed E-state index contributed by atoms with van der Waals surface area (Å²) in [6.45, 7) is 3.47. The summed E-state index contributed by atoms with van der Waals surface area (Å²) < 4.78 is 15.8. The van der Waals surface area contributed by atoms with Gasteiger partial charge in [-0.3, -0.25) is 0 Å². The Bertz CT molecular complexity index is 227. The third-order valence-corrected chi connectivity index (χ3v) is 2.19. The first-order valence-corrected chi connectivity index (χ1v) is 4.18. The van der Waals surface area contributed by atoms with E-state index >= 15 is 0 Å². The average molecular weight is 188 g/mol. The summed E-state index contributed by atoms with van der Waals surface area (Å²) in [5.41, 5.74) is 0. The Morgan fingerprint density at radius 3 is 2.62 bits per heavy atom. The Kier molecular flexibility index (Phi) is 1.92. The van der Waals surface area contributed by atoms with Crippen molar-refractivity contribution in [2.45, 2.75) is 44.2 Å². The molecule has 74 valence electrons. The second-order valence-corrected chi connectivity index (χ2v) is 3.70. The van der Waals surface area contributed by atoms with Gasteiger partial charge in [0.1, 0.15) is 18.3 Å². The average Bonchev–Trinajstić information content (AvgIpc) is 2.47. The number of carbonyl (C=O) groups excluding carboxylic acids is 1. The number of aldehydes is 1. The van der Waals surface area contributed by atoms with Gasteiger partial charge in [-0.15, -0.1) is 0 Å². The molecule has 0 aromatic rings. The molecule has 5 nitrogen and oxygen atoms in total. The largest absolute Gasteiger partial charge is 0.387 e. The maximum atomic E-state index is 10.4. The topological polar surface area (TPSA) is 65.0 Å². The van der Waals surface area contributed by atoms with Crippen LogP contribution in [0.2, 0.25) is 0 Å². The molecule has 2 rings (SSSR count). The summed E-state index contributed by atoms with van der Waals surface area (Å²) >= 11 is 0. The van der Waals surface area contributed by atoms with Crippen LogP contribution in [0.5, 0.6) is 0 Å². The molecular weight excluding hydrogens is 176 g/mol. The molecule has 0 aliphatic carbocycles. The molecule has 1 unspecified atom stereocenters. The van der Waals surface area contributed by atoms with Crippen LogP contribution in [0, 0.1) is 0 Å². The molecule has 0 spiro atoms. The Morgan fingerprint density at radius 1 is 1.38 bits per heavy atom. The van der Waals surface area contributed by atoms with Gasteiger partial charge in [0.15, 0.2) is 18.4 Å². The molecule has 0 amide bonds. The first kappa shape index (κ1) is 9.08. The Labute approximate surface area is 75.6 Å². The van der Waals surface area contributed by atoms with Gasteiger partial charge in [-0.1, -0.05) is 0 Å². The van der Waals surface area contributed by atoms with E-state index in [9.17, 15) is 9.90 Å². The third kappa shape index (κ3) is 1.38. The first-order chi connectivity index (χ1) is 6.03. The molecule has 2 aliphatic rings. The smallest absolute Gasteiger partial charge is 0.190 e. The Hall–Kier alpha value is -0.490. The fourth-order valence-electron chi connectivity index (χ4n) is 1.63. The van der Waals surface area contributed by atoms with Gasteiger partial charge in [0.25, 0.3) is 0 Å². The van der Waals surface area contributed by atoms with E-state index in [-0.39, 0.29) is 0 Å². The molecule has 2 heterocycles. The minimum Gasteiger partial charge on any atom is -0.387 e. The normalized spacial score (nSPS) is 47.6. The van der Waals surface area contributed by atoms with E-state index < -0.39 is 30.4 Å². The van der Waals surface area contributed by atoms with Gasteiger partial charge >= 0.3 is 0 Å². The van der Waals surface area contributed by atoms with Crippen LogP contribution in [0.1, 0.15) is 13.8 Å². The number of ether oxygens (including phenoxy) is 3. The molecule has 2 aliphatic heterocycles. The number of carbonyl (C=O) groups is 1. The maximum absolute atomic E-state index is 10.4. The highest BCUT2D eigenvalue weighted by Crippen LogP contribution is 2.36. The number of aliphatic hydroxyl groups excluding tert-OH is 1. The van der Waals surface area contributed by atoms with Crippen molar-refractivity contribution < 1.29 is 24.1 Å². The van der Waals surface area contributed by atoms with E-state index in [0.29, 0.717) is 6.29 Å². The summed E-state index contributed by atoms with van der Waals surface area (Å²) in [6, 6.07) is 0. The summed E-state index contributed by atoms with van der Waals surface area (Å²) in [4.78, 5) is 10.4. The van der Waals surface area contributed by atoms with Gasteiger partial charge in [-0.25, -0.2) is 0 Å².